The van der Waals surface area contributed by atoms with Crippen LogP contribution in [-0.2, 0) is 6.54 Å². The Balaban J connectivity index is 2.05. The van der Waals surface area contributed by atoms with Crippen molar-refractivity contribution < 1.29 is 4.39 Å². The number of nitrogens with one attached hydrogen (secondary N) is 1. The van der Waals surface area contributed by atoms with Crippen molar-refractivity contribution in [1.82, 2.24) is 5.32 Å². The number of rotatable bonds is 6. The summed E-state index contributed by atoms with van der Waals surface area (Å²) in [5.74, 6) is 0.533. The van der Waals surface area contributed by atoms with Crippen molar-refractivity contribution in [3.8, 4) is 10.4 Å². The minimum absolute atomic E-state index is 0.145. The number of hydrogen-bond acceptors (Lipinski definition) is 2. The lowest BCUT2D eigenvalue weighted by molar-refractivity contribution is 0.499. The van der Waals surface area contributed by atoms with Crippen molar-refractivity contribution in [3.63, 3.8) is 0 Å². The van der Waals surface area contributed by atoms with Gasteiger partial charge >= 0.3 is 0 Å². The second kappa shape index (κ2) is 6.83. The largest absolute Gasteiger partial charge is 0.312 e. The molecule has 1 atom stereocenters. The van der Waals surface area contributed by atoms with E-state index in [9.17, 15) is 4.39 Å². The molecule has 0 radical (unpaired) electrons. The second-order valence-corrected chi connectivity index (χ2v) is 5.88. The molecule has 1 N–H and O–H groups in total. The fraction of sp³-hybridized carbons (Fsp3) is 0.375. The standard InChI is InChI=1S/C16H20FNS/c1-3-12(2)10-18-11-13-6-7-15(17)14(9-13)16-5-4-8-19-16/h4-9,12,18H,3,10-11H2,1-2H3. The predicted molar refractivity (Wildman–Crippen MR) is 80.9 cm³/mol. The summed E-state index contributed by atoms with van der Waals surface area (Å²) in [6.07, 6.45) is 1.18. The van der Waals surface area contributed by atoms with E-state index >= 15 is 0 Å². The van der Waals surface area contributed by atoms with Gasteiger partial charge in [0.1, 0.15) is 5.82 Å². The zero-order valence-electron chi connectivity index (χ0n) is 11.4. The quantitative estimate of drug-likeness (QED) is 0.807. The summed E-state index contributed by atoms with van der Waals surface area (Å²) < 4.78 is 13.8. The lowest BCUT2D eigenvalue weighted by Crippen LogP contribution is -2.20. The van der Waals surface area contributed by atoms with Crippen LogP contribution in [0.4, 0.5) is 4.39 Å². The van der Waals surface area contributed by atoms with E-state index in [0.717, 1.165) is 23.5 Å². The van der Waals surface area contributed by atoms with E-state index < -0.39 is 0 Å². The van der Waals surface area contributed by atoms with E-state index in [1.54, 1.807) is 17.4 Å². The molecule has 19 heavy (non-hydrogen) atoms. The monoisotopic (exact) mass is 277 g/mol. The highest BCUT2D eigenvalue weighted by molar-refractivity contribution is 7.13. The van der Waals surface area contributed by atoms with Gasteiger partial charge in [-0.05, 0) is 41.6 Å². The molecule has 3 heteroatoms. The molecule has 1 nitrogen and oxygen atoms in total. The van der Waals surface area contributed by atoms with Gasteiger partial charge in [-0.2, -0.15) is 0 Å². The minimum Gasteiger partial charge on any atom is -0.312 e. The lowest BCUT2D eigenvalue weighted by Gasteiger charge is -2.11. The van der Waals surface area contributed by atoms with Gasteiger partial charge in [0.25, 0.3) is 0 Å². The third-order valence-corrected chi connectivity index (χ3v) is 4.24. The van der Waals surface area contributed by atoms with Crippen LogP contribution in [-0.4, -0.2) is 6.54 Å². The highest BCUT2D eigenvalue weighted by Crippen LogP contribution is 2.28. The van der Waals surface area contributed by atoms with Gasteiger partial charge in [-0.25, -0.2) is 4.39 Å². The second-order valence-electron chi connectivity index (χ2n) is 4.94. The molecule has 1 heterocycles. The molecule has 0 amide bonds. The van der Waals surface area contributed by atoms with Crippen molar-refractivity contribution in [1.29, 1.82) is 0 Å². The summed E-state index contributed by atoms with van der Waals surface area (Å²) in [5, 5.41) is 5.40. The van der Waals surface area contributed by atoms with E-state index in [-0.39, 0.29) is 5.82 Å². The number of thiophene rings is 1. The Bertz CT molecular complexity index is 507. The summed E-state index contributed by atoms with van der Waals surface area (Å²) in [7, 11) is 0. The Labute approximate surface area is 118 Å². The first-order chi connectivity index (χ1) is 9.20. The lowest BCUT2D eigenvalue weighted by atomic mass is 10.1. The van der Waals surface area contributed by atoms with E-state index in [0.29, 0.717) is 11.5 Å². The third kappa shape index (κ3) is 3.88. The zero-order chi connectivity index (χ0) is 13.7. The van der Waals surface area contributed by atoms with Gasteiger partial charge in [0, 0.05) is 17.0 Å². The first-order valence-electron chi connectivity index (χ1n) is 6.73. The highest BCUT2D eigenvalue weighted by atomic mass is 32.1. The van der Waals surface area contributed by atoms with Crippen LogP contribution in [0.25, 0.3) is 10.4 Å². The van der Waals surface area contributed by atoms with Crippen LogP contribution in [0.15, 0.2) is 35.7 Å². The molecule has 102 valence electrons. The molecule has 2 aromatic rings. The van der Waals surface area contributed by atoms with Crippen LogP contribution in [0, 0.1) is 11.7 Å². The smallest absolute Gasteiger partial charge is 0.131 e. The van der Waals surface area contributed by atoms with Crippen molar-refractivity contribution in [2.45, 2.75) is 26.8 Å². The van der Waals surface area contributed by atoms with E-state index in [2.05, 4.69) is 19.2 Å². The molecule has 1 unspecified atom stereocenters. The number of benzene rings is 1. The van der Waals surface area contributed by atoms with Crippen molar-refractivity contribution >= 4 is 11.3 Å². The third-order valence-electron chi connectivity index (χ3n) is 3.34. The maximum Gasteiger partial charge on any atom is 0.131 e. The van der Waals surface area contributed by atoms with Crippen molar-refractivity contribution in [2.75, 3.05) is 6.54 Å². The first kappa shape index (κ1) is 14.2. The van der Waals surface area contributed by atoms with Crippen LogP contribution >= 0.6 is 11.3 Å². The van der Waals surface area contributed by atoms with Crippen LogP contribution in [0.3, 0.4) is 0 Å². The van der Waals surface area contributed by atoms with Crippen molar-refractivity contribution in [3.05, 3.63) is 47.1 Å². The van der Waals surface area contributed by atoms with Gasteiger partial charge in [-0.3, -0.25) is 0 Å². The fourth-order valence-corrected chi connectivity index (χ4v) is 2.65. The van der Waals surface area contributed by atoms with Gasteiger partial charge in [-0.1, -0.05) is 32.4 Å². The maximum atomic E-state index is 13.8. The maximum absolute atomic E-state index is 13.8. The Morgan fingerprint density at radius 3 is 2.84 bits per heavy atom. The molecule has 0 aliphatic carbocycles. The Morgan fingerprint density at radius 2 is 2.16 bits per heavy atom. The molecule has 1 aromatic carbocycles. The molecular formula is C16H20FNS. The van der Waals surface area contributed by atoms with E-state index in [1.165, 1.54) is 6.42 Å². The molecule has 0 aliphatic rings. The van der Waals surface area contributed by atoms with Crippen LogP contribution in [0.1, 0.15) is 25.8 Å². The molecule has 0 spiro atoms. The minimum atomic E-state index is -0.145. The van der Waals surface area contributed by atoms with Crippen molar-refractivity contribution in [2.24, 2.45) is 5.92 Å². The van der Waals surface area contributed by atoms with Crippen LogP contribution < -0.4 is 5.32 Å². The molecule has 0 bridgehead atoms. The number of hydrogen-bond donors (Lipinski definition) is 1. The topological polar surface area (TPSA) is 12.0 Å². The van der Waals surface area contributed by atoms with Crippen LogP contribution in [0.5, 0.6) is 0 Å². The summed E-state index contributed by atoms with van der Waals surface area (Å²) in [5.41, 5.74) is 1.84. The Kier molecular flexibility index (Phi) is 5.11. The van der Waals surface area contributed by atoms with E-state index in [4.69, 9.17) is 0 Å². The average molecular weight is 277 g/mol. The molecule has 2 rings (SSSR count). The van der Waals surface area contributed by atoms with Gasteiger partial charge < -0.3 is 5.32 Å². The van der Waals surface area contributed by atoms with Crippen LogP contribution in [0.2, 0.25) is 0 Å². The van der Waals surface area contributed by atoms with Gasteiger partial charge in [0.05, 0.1) is 0 Å². The molecule has 0 saturated carbocycles. The highest BCUT2D eigenvalue weighted by Gasteiger charge is 2.07. The summed E-state index contributed by atoms with van der Waals surface area (Å²) in [6.45, 7) is 6.22. The summed E-state index contributed by atoms with van der Waals surface area (Å²) >= 11 is 1.57. The van der Waals surface area contributed by atoms with E-state index in [1.807, 2.05) is 29.6 Å². The predicted octanol–water partition coefficient (Wildman–Crippen LogP) is 4.69. The average Bonchev–Trinajstić information content (AvgIpc) is 2.94. The normalized spacial score (nSPS) is 12.6. The molecular weight excluding hydrogens is 257 g/mol. The molecule has 1 aromatic heterocycles. The van der Waals surface area contributed by atoms with Gasteiger partial charge in [-0.15, -0.1) is 11.3 Å². The van der Waals surface area contributed by atoms with Gasteiger partial charge in [0.2, 0.25) is 0 Å². The molecule has 0 fully saturated rings. The SMILES string of the molecule is CCC(C)CNCc1ccc(F)c(-c2cccs2)c1. The first-order valence-corrected chi connectivity index (χ1v) is 7.61. The summed E-state index contributed by atoms with van der Waals surface area (Å²) in [4.78, 5) is 0.987. The molecule has 0 aliphatic heterocycles. The Morgan fingerprint density at radius 1 is 1.32 bits per heavy atom. The zero-order valence-corrected chi connectivity index (χ0v) is 12.3. The van der Waals surface area contributed by atoms with Gasteiger partial charge in [0.15, 0.2) is 0 Å². The Hall–Kier alpha value is -1.19. The number of halogens is 1. The molecule has 0 saturated heterocycles. The summed E-state index contributed by atoms with van der Waals surface area (Å²) in [6, 6.07) is 9.28. The fourth-order valence-electron chi connectivity index (χ4n) is 1.91.